The van der Waals surface area contributed by atoms with E-state index in [2.05, 4.69) is 70.4 Å². The molecule has 1 heterocycles. The molecule has 9 nitrogen and oxygen atoms in total. The molecule has 0 bridgehead atoms. The molecule has 39 heavy (non-hydrogen) atoms. The van der Waals surface area contributed by atoms with Gasteiger partial charge in [-0.15, -0.1) is 0 Å². The van der Waals surface area contributed by atoms with Crippen LogP contribution in [0.4, 0.5) is 5.69 Å². The quantitative estimate of drug-likeness (QED) is 0.282. The van der Waals surface area contributed by atoms with Gasteiger partial charge in [-0.25, -0.2) is 9.97 Å². The maximum absolute atomic E-state index is 13.0. The molecular formula is C30H36N6O3. The van der Waals surface area contributed by atoms with Crippen molar-refractivity contribution in [3.05, 3.63) is 72.3 Å². The minimum absolute atomic E-state index is 0.0444. The highest BCUT2D eigenvalue weighted by molar-refractivity contribution is 5.97. The van der Waals surface area contributed by atoms with Gasteiger partial charge >= 0.3 is 0 Å². The van der Waals surface area contributed by atoms with Crippen molar-refractivity contribution in [2.24, 2.45) is 0 Å². The van der Waals surface area contributed by atoms with Crippen molar-refractivity contribution in [3.8, 4) is 11.8 Å². The lowest BCUT2D eigenvalue weighted by Gasteiger charge is -2.39. The third-order valence-electron chi connectivity index (χ3n) is 7.30. The second-order valence-electron chi connectivity index (χ2n) is 10.0. The predicted molar refractivity (Wildman–Crippen MR) is 152 cm³/mol. The summed E-state index contributed by atoms with van der Waals surface area (Å²) >= 11 is 0. The van der Waals surface area contributed by atoms with Crippen molar-refractivity contribution >= 4 is 22.4 Å². The van der Waals surface area contributed by atoms with Crippen LogP contribution in [0.5, 0.6) is 5.75 Å². The van der Waals surface area contributed by atoms with Gasteiger partial charge in [0.25, 0.3) is 5.91 Å². The lowest BCUT2D eigenvalue weighted by Crippen LogP contribution is -2.46. The molecule has 0 unspecified atom stereocenters. The van der Waals surface area contributed by atoms with Crippen LogP contribution in [0.1, 0.15) is 41.2 Å². The zero-order valence-electron chi connectivity index (χ0n) is 22.8. The second kappa shape index (κ2) is 13.2. The molecule has 1 amide bonds. The summed E-state index contributed by atoms with van der Waals surface area (Å²) in [5, 5.41) is 17.9. The lowest BCUT2D eigenvalue weighted by atomic mass is 9.76. The number of benzene rings is 2. The van der Waals surface area contributed by atoms with E-state index >= 15 is 0 Å². The molecule has 0 spiro atoms. The molecule has 1 saturated carbocycles. The van der Waals surface area contributed by atoms with Crippen LogP contribution in [0.25, 0.3) is 10.8 Å². The van der Waals surface area contributed by atoms with E-state index in [4.69, 9.17) is 9.47 Å². The number of ether oxygens (including phenoxy) is 2. The highest BCUT2D eigenvalue weighted by Gasteiger charge is 2.34. The maximum atomic E-state index is 13.0. The van der Waals surface area contributed by atoms with E-state index in [9.17, 15) is 10.1 Å². The minimum atomic E-state index is -0.192. The molecule has 204 valence electrons. The summed E-state index contributed by atoms with van der Waals surface area (Å²) in [6, 6.07) is 14.5. The van der Waals surface area contributed by atoms with Gasteiger partial charge < -0.3 is 25.0 Å². The van der Waals surface area contributed by atoms with E-state index in [1.807, 2.05) is 12.1 Å². The topological polar surface area (TPSA) is 112 Å². The van der Waals surface area contributed by atoms with Crippen molar-refractivity contribution in [1.29, 1.82) is 5.26 Å². The summed E-state index contributed by atoms with van der Waals surface area (Å²) in [4.78, 5) is 23.3. The predicted octanol–water partition coefficient (Wildman–Crippen LogP) is 4.14. The molecule has 2 N–H and O–H groups in total. The van der Waals surface area contributed by atoms with E-state index in [0.717, 1.165) is 41.3 Å². The van der Waals surface area contributed by atoms with Gasteiger partial charge in [-0.3, -0.25) is 4.79 Å². The van der Waals surface area contributed by atoms with Crippen molar-refractivity contribution in [1.82, 2.24) is 20.2 Å². The average Bonchev–Trinajstić information content (AvgIpc) is 2.96. The summed E-state index contributed by atoms with van der Waals surface area (Å²) in [6.45, 7) is 4.99. The summed E-state index contributed by atoms with van der Waals surface area (Å²) in [6.07, 6.45) is 5.72. The van der Waals surface area contributed by atoms with Crippen LogP contribution in [0.2, 0.25) is 0 Å². The Hall–Kier alpha value is -4.00. The highest BCUT2D eigenvalue weighted by atomic mass is 16.5. The summed E-state index contributed by atoms with van der Waals surface area (Å²) < 4.78 is 11.2. The molecule has 1 aliphatic carbocycles. The Morgan fingerprint density at radius 2 is 2.03 bits per heavy atom. The first-order chi connectivity index (χ1) is 18.9. The number of aromatic nitrogens is 2. The maximum Gasteiger partial charge on any atom is 0.270 e. The van der Waals surface area contributed by atoms with Crippen molar-refractivity contribution in [3.63, 3.8) is 0 Å². The normalized spacial score (nSPS) is 18.9. The van der Waals surface area contributed by atoms with Crippen LogP contribution in [0.3, 0.4) is 0 Å². The molecular weight excluding hydrogens is 492 g/mol. The van der Waals surface area contributed by atoms with Gasteiger partial charge in [-0.05, 0) is 62.5 Å². The Morgan fingerprint density at radius 1 is 1.21 bits per heavy atom. The van der Waals surface area contributed by atoms with E-state index in [1.54, 1.807) is 19.4 Å². The van der Waals surface area contributed by atoms with Gasteiger partial charge in [-0.2, -0.15) is 5.26 Å². The van der Waals surface area contributed by atoms with Crippen molar-refractivity contribution in [2.75, 3.05) is 46.3 Å². The largest absolute Gasteiger partial charge is 0.489 e. The first-order valence-corrected chi connectivity index (χ1v) is 13.1. The molecule has 3 atom stereocenters. The van der Waals surface area contributed by atoms with Crippen LogP contribution in [-0.2, 0) is 4.74 Å². The molecule has 4 rings (SSSR count). The lowest BCUT2D eigenvalue weighted by molar-refractivity contribution is 0.0898. The number of amides is 1. The second-order valence-corrected chi connectivity index (χ2v) is 10.0. The van der Waals surface area contributed by atoms with Crippen LogP contribution < -0.4 is 15.4 Å². The van der Waals surface area contributed by atoms with Crippen LogP contribution in [0.15, 0.2) is 61.1 Å². The molecule has 9 heteroatoms. The first kappa shape index (κ1) is 28.0. The monoisotopic (exact) mass is 528 g/mol. The number of nitrogens with zero attached hydrogens (tertiary/aromatic N) is 4. The number of hydrogen-bond acceptors (Lipinski definition) is 8. The summed E-state index contributed by atoms with van der Waals surface area (Å²) in [7, 11) is 5.85. The third-order valence-corrected chi connectivity index (χ3v) is 7.30. The Kier molecular flexibility index (Phi) is 9.47. The Bertz CT molecular complexity index is 1340. The van der Waals surface area contributed by atoms with Gasteiger partial charge in [0.1, 0.15) is 24.4 Å². The Morgan fingerprint density at radius 3 is 2.74 bits per heavy atom. The van der Waals surface area contributed by atoms with E-state index in [1.165, 1.54) is 6.33 Å². The van der Waals surface area contributed by atoms with Gasteiger partial charge in [0.2, 0.25) is 0 Å². The third kappa shape index (κ3) is 6.91. The van der Waals surface area contributed by atoms with Crippen molar-refractivity contribution < 1.29 is 14.3 Å². The molecule has 3 aromatic rings. The minimum Gasteiger partial charge on any atom is -0.489 e. The number of carbonyl (C=O) groups excluding carboxylic acids is 1. The highest BCUT2D eigenvalue weighted by Crippen LogP contribution is 2.39. The van der Waals surface area contributed by atoms with E-state index in [-0.39, 0.29) is 17.9 Å². The number of hydrogen-bond donors (Lipinski definition) is 2. The van der Waals surface area contributed by atoms with Gasteiger partial charge in [-0.1, -0.05) is 24.8 Å². The fourth-order valence-corrected chi connectivity index (χ4v) is 5.15. The molecule has 0 aliphatic heterocycles. The van der Waals surface area contributed by atoms with E-state index in [0.29, 0.717) is 42.8 Å². The van der Waals surface area contributed by atoms with Gasteiger partial charge in [0.05, 0.1) is 18.4 Å². The van der Waals surface area contributed by atoms with Crippen LogP contribution in [0, 0.1) is 11.3 Å². The Balaban J connectivity index is 1.71. The first-order valence-electron chi connectivity index (χ1n) is 13.1. The number of carbonyl (C=O) groups is 1. The number of fused-ring (bicyclic) bond motifs is 1. The number of nitrogens with one attached hydrogen (secondary N) is 2. The fraction of sp³-hybridized carbons (Fsp3) is 0.400. The van der Waals surface area contributed by atoms with Gasteiger partial charge in [0, 0.05) is 48.8 Å². The fourth-order valence-electron chi connectivity index (χ4n) is 5.15. The Labute approximate surface area is 229 Å². The number of rotatable bonds is 11. The van der Waals surface area contributed by atoms with Crippen molar-refractivity contribution in [2.45, 2.75) is 37.3 Å². The molecule has 1 aliphatic rings. The smallest absolute Gasteiger partial charge is 0.270 e. The van der Waals surface area contributed by atoms with Gasteiger partial charge in [0.15, 0.2) is 0 Å². The molecule has 1 aromatic heterocycles. The standard InChI is InChI=1S/C30H36N6O3/c1-20(17-31)18-33-29-25-15-22(6-5-21(25)7-10-28(29)39-14-13-38-4)24-16-23(36(2)3)8-9-26(24)35-30(37)27-11-12-32-19-34-27/h5-7,10-12,15,19,23-24,26,33H,1,8-9,13-14,16,18H2,2-4H3,(H,35,37)/t23-,24-,26-/m1/s1. The zero-order chi connectivity index (χ0) is 27.8. The molecule has 0 radical (unpaired) electrons. The zero-order valence-corrected chi connectivity index (χ0v) is 22.8. The summed E-state index contributed by atoms with van der Waals surface area (Å²) in [5.74, 6) is 0.592. The van der Waals surface area contributed by atoms with E-state index < -0.39 is 0 Å². The summed E-state index contributed by atoms with van der Waals surface area (Å²) in [5.41, 5.74) is 2.74. The van der Waals surface area contributed by atoms with Crippen LogP contribution >= 0.6 is 0 Å². The number of methoxy groups -OCH3 is 1. The number of nitriles is 1. The number of anilines is 1. The molecule has 0 saturated heterocycles. The average molecular weight is 529 g/mol. The molecule has 2 aromatic carbocycles. The van der Waals surface area contributed by atoms with Crippen LogP contribution in [-0.4, -0.2) is 73.8 Å². The SMILES string of the molecule is C=C(C#N)CNc1c(OCCOC)ccc2ccc([C@H]3C[C@H](N(C)C)CC[C@H]3NC(=O)c3ccncn3)cc12. The molecule has 1 fully saturated rings.